The molecule has 1 saturated heterocycles. The van der Waals surface area contributed by atoms with E-state index < -0.39 is 0 Å². The van der Waals surface area contributed by atoms with Crippen LogP contribution in [0, 0.1) is 23.1 Å². The highest BCUT2D eigenvalue weighted by atomic mass is 19.1. The van der Waals surface area contributed by atoms with Gasteiger partial charge in [0.25, 0.3) is 0 Å². The van der Waals surface area contributed by atoms with Gasteiger partial charge in [-0.05, 0) is 24.6 Å². The lowest BCUT2D eigenvalue weighted by molar-refractivity contribution is 0.0536. The third-order valence-electron chi connectivity index (χ3n) is 4.19. The van der Waals surface area contributed by atoms with Crippen molar-refractivity contribution in [2.45, 2.75) is 13.0 Å². The first-order chi connectivity index (χ1) is 12.2. The van der Waals surface area contributed by atoms with Gasteiger partial charge < -0.3 is 19.7 Å². The summed E-state index contributed by atoms with van der Waals surface area (Å²) in [7, 11) is 3.37. The number of benzene rings is 1. The average molecular weight is 348 g/mol. The molecule has 0 aromatic heterocycles. The number of hydrogen-bond acceptors (Lipinski definition) is 4. The van der Waals surface area contributed by atoms with E-state index in [0.29, 0.717) is 43.4 Å². The number of nitriles is 1. The summed E-state index contributed by atoms with van der Waals surface area (Å²) < 4.78 is 24.4. The van der Waals surface area contributed by atoms with Crippen LogP contribution in [0.1, 0.15) is 17.5 Å². The SMILES string of the molecule is CN=C(NCc1cc(C#N)ccc1F)N1CCC(COCCOC)C1. The van der Waals surface area contributed by atoms with Gasteiger partial charge >= 0.3 is 0 Å². The molecule has 0 bridgehead atoms. The molecule has 0 amide bonds. The van der Waals surface area contributed by atoms with Crippen LogP contribution in [-0.2, 0) is 16.0 Å². The van der Waals surface area contributed by atoms with E-state index in [0.717, 1.165) is 25.5 Å². The van der Waals surface area contributed by atoms with Crippen molar-refractivity contribution in [3.05, 3.63) is 35.1 Å². The first-order valence-corrected chi connectivity index (χ1v) is 8.38. The van der Waals surface area contributed by atoms with Crippen molar-refractivity contribution < 1.29 is 13.9 Å². The predicted molar refractivity (Wildman–Crippen MR) is 93.7 cm³/mol. The molecule has 136 valence electrons. The Morgan fingerprint density at radius 2 is 2.32 bits per heavy atom. The second-order valence-electron chi connectivity index (χ2n) is 5.99. The van der Waals surface area contributed by atoms with E-state index in [1.54, 1.807) is 20.2 Å². The molecule has 1 fully saturated rings. The number of likely N-dealkylation sites (tertiary alicyclic amines) is 1. The van der Waals surface area contributed by atoms with Crippen LogP contribution in [0.5, 0.6) is 0 Å². The zero-order chi connectivity index (χ0) is 18.1. The van der Waals surface area contributed by atoms with Crippen LogP contribution < -0.4 is 5.32 Å². The van der Waals surface area contributed by atoms with E-state index in [2.05, 4.69) is 15.2 Å². The van der Waals surface area contributed by atoms with E-state index in [4.69, 9.17) is 14.7 Å². The highest BCUT2D eigenvalue weighted by Crippen LogP contribution is 2.17. The Labute approximate surface area is 148 Å². The van der Waals surface area contributed by atoms with Crippen molar-refractivity contribution in [1.82, 2.24) is 10.2 Å². The fourth-order valence-corrected chi connectivity index (χ4v) is 2.84. The smallest absolute Gasteiger partial charge is 0.193 e. The fourth-order valence-electron chi connectivity index (χ4n) is 2.84. The summed E-state index contributed by atoms with van der Waals surface area (Å²) in [5, 5.41) is 12.1. The highest BCUT2D eigenvalue weighted by Gasteiger charge is 2.25. The molecule has 2 rings (SSSR count). The minimum Gasteiger partial charge on any atom is -0.382 e. The summed E-state index contributed by atoms with van der Waals surface area (Å²) in [4.78, 5) is 6.43. The summed E-state index contributed by atoms with van der Waals surface area (Å²) in [6.07, 6.45) is 1.03. The molecule has 25 heavy (non-hydrogen) atoms. The van der Waals surface area contributed by atoms with Crippen molar-refractivity contribution in [3.63, 3.8) is 0 Å². The first-order valence-electron chi connectivity index (χ1n) is 8.38. The van der Waals surface area contributed by atoms with Crippen LogP contribution in [0.3, 0.4) is 0 Å². The molecule has 1 atom stereocenters. The lowest BCUT2D eigenvalue weighted by Gasteiger charge is -2.22. The number of nitrogens with one attached hydrogen (secondary N) is 1. The van der Waals surface area contributed by atoms with Crippen LogP contribution >= 0.6 is 0 Å². The number of rotatable bonds is 7. The van der Waals surface area contributed by atoms with E-state index in [9.17, 15) is 4.39 Å². The number of methoxy groups -OCH3 is 1. The van der Waals surface area contributed by atoms with Crippen LogP contribution in [0.15, 0.2) is 23.2 Å². The Hall–Kier alpha value is -2.17. The Kier molecular flexibility index (Phi) is 7.64. The number of nitrogens with zero attached hydrogens (tertiary/aromatic N) is 3. The van der Waals surface area contributed by atoms with Gasteiger partial charge in [-0.25, -0.2) is 4.39 Å². The maximum absolute atomic E-state index is 13.9. The van der Waals surface area contributed by atoms with Crippen molar-refractivity contribution in [2.24, 2.45) is 10.9 Å². The van der Waals surface area contributed by atoms with E-state index in [1.165, 1.54) is 12.1 Å². The highest BCUT2D eigenvalue weighted by molar-refractivity contribution is 5.80. The van der Waals surface area contributed by atoms with Gasteiger partial charge in [0.15, 0.2) is 5.96 Å². The lowest BCUT2D eigenvalue weighted by atomic mass is 10.1. The lowest BCUT2D eigenvalue weighted by Crippen LogP contribution is -2.40. The Balaban J connectivity index is 1.84. The summed E-state index contributed by atoms with van der Waals surface area (Å²) >= 11 is 0. The van der Waals surface area contributed by atoms with E-state index >= 15 is 0 Å². The zero-order valence-corrected chi connectivity index (χ0v) is 14.8. The Morgan fingerprint density at radius 3 is 3.04 bits per heavy atom. The number of halogens is 1. The van der Waals surface area contributed by atoms with Gasteiger partial charge in [-0.3, -0.25) is 4.99 Å². The minimum atomic E-state index is -0.326. The summed E-state index contributed by atoms with van der Waals surface area (Å²) in [6.45, 7) is 3.95. The largest absolute Gasteiger partial charge is 0.382 e. The van der Waals surface area contributed by atoms with Gasteiger partial charge in [0.1, 0.15) is 5.82 Å². The van der Waals surface area contributed by atoms with Gasteiger partial charge in [-0.1, -0.05) is 0 Å². The molecule has 6 nitrogen and oxygen atoms in total. The van der Waals surface area contributed by atoms with Gasteiger partial charge in [0.2, 0.25) is 0 Å². The second kappa shape index (κ2) is 9.97. The molecule has 1 unspecified atom stereocenters. The molecule has 0 aliphatic carbocycles. The summed E-state index contributed by atoms with van der Waals surface area (Å²) in [5.41, 5.74) is 0.904. The number of hydrogen-bond donors (Lipinski definition) is 1. The molecule has 1 heterocycles. The molecule has 0 saturated carbocycles. The Bertz CT molecular complexity index is 630. The van der Waals surface area contributed by atoms with E-state index in [1.807, 2.05) is 6.07 Å². The molecule has 7 heteroatoms. The van der Waals surface area contributed by atoms with Gasteiger partial charge in [0, 0.05) is 45.3 Å². The molecule has 1 aliphatic heterocycles. The third-order valence-corrected chi connectivity index (χ3v) is 4.19. The molecule has 1 aromatic rings. The monoisotopic (exact) mass is 348 g/mol. The van der Waals surface area contributed by atoms with Crippen LogP contribution in [0.2, 0.25) is 0 Å². The molecular formula is C18H25FN4O2. The molecular weight excluding hydrogens is 323 g/mol. The van der Waals surface area contributed by atoms with Crippen LogP contribution in [0.4, 0.5) is 4.39 Å². The molecule has 1 N–H and O–H groups in total. The maximum Gasteiger partial charge on any atom is 0.193 e. The van der Waals surface area contributed by atoms with Gasteiger partial charge in [0.05, 0.1) is 31.5 Å². The third kappa shape index (κ3) is 5.69. The van der Waals surface area contributed by atoms with Gasteiger partial charge in [-0.15, -0.1) is 0 Å². The van der Waals surface area contributed by atoms with Gasteiger partial charge in [-0.2, -0.15) is 5.26 Å². The van der Waals surface area contributed by atoms with Crippen LogP contribution in [-0.4, -0.2) is 57.9 Å². The number of aliphatic imine (C=N–C) groups is 1. The maximum atomic E-state index is 13.9. The van der Waals surface area contributed by atoms with Crippen molar-refractivity contribution in [3.8, 4) is 6.07 Å². The molecule has 0 radical (unpaired) electrons. The van der Waals surface area contributed by atoms with Crippen molar-refractivity contribution in [1.29, 1.82) is 5.26 Å². The first kappa shape index (κ1) is 19.2. The quantitative estimate of drug-likeness (QED) is 0.462. The standard InChI is InChI=1S/C18H25FN4O2/c1-21-18(22-11-16-9-14(10-20)3-4-17(16)19)23-6-5-15(12-23)13-25-8-7-24-2/h3-4,9,15H,5-8,11-13H2,1-2H3,(H,21,22). The number of guanidine groups is 1. The van der Waals surface area contributed by atoms with Crippen molar-refractivity contribution >= 4 is 5.96 Å². The number of ether oxygens (including phenoxy) is 2. The van der Waals surface area contributed by atoms with E-state index in [-0.39, 0.29) is 5.82 Å². The second-order valence-corrected chi connectivity index (χ2v) is 5.99. The normalized spacial score (nSPS) is 17.6. The molecule has 1 aliphatic rings. The topological polar surface area (TPSA) is 69.9 Å². The van der Waals surface area contributed by atoms with Crippen molar-refractivity contribution in [2.75, 3.05) is 47.1 Å². The zero-order valence-electron chi connectivity index (χ0n) is 14.8. The Morgan fingerprint density at radius 1 is 1.48 bits per heavy atom. The summed E-state index contributed by atoms with van der Waals surface area (Å²) in [6, 6.07) is 6.38. The predicted octanol–water partition coefficient (Wildman–Crippen LogP) is 1.76. The minimum absolute atomic E-state index is 0.291. The molecule has 1 aromatic carbocycles. The average Bonchev–Trinajstić information content (AvgIpc) is 3.09. The fraction of sp³-hybridized carbons (Fsp3) is 0.556. The van der Waals surface area contributed by atoms with Crippen LogP contribution in [0.25, 0.3) is 0 Å². The summed E-state index contributed by atoms with van der Waals surface area (Å²) in [5.74, 6) is 0.864. The molecule has 0 spiro atoms.